The second-order valence-electron chi connectivity index (χ2n) is 29.2. The number of hydrogen-bond acceptors (Lipinski definition) is 52. The van der Waals surface area contributed by atoms with Crippen LogP contribution in [0, 0.1) is 0 Å². The molecule has 10 aromatic rings. The molecule has 702 valence electrons. The van der Waals surface area contributed by atoms with Crippen molar-refractivity contribution in [1.82, 2.24) is 0 Å². The molecule has 30 N–H and O–H groups in total. The summed E-state index contributed by atoms with van der Waals surface area (Å²) in [5.74, 6) is -69.5. The lowest BCUT2D eigenvalue weighted by atomic mass is 9.91. The molecule has 0 unspecified atom stereocenters. The lowest BCUT2D eigenvalue weighted by molar-refractivity contribution is -0.283. The SMILES string of the molecule is O=C(O[C@@H]1O[C@@H]2COC(=O)c3cc(Oc4c(C(=O)O[C@@H]5O[C@@H]6COC(=O)c7cc(O)c(O)c(O)c7-c7c(cc(O)c(Oc8c(C(=O)O)cc(O)c(O)c8O)c7O)C(=O)O[C@H]6[C@H](O)[C@H]5OC(=O)c5cc(O)c(O)c(O)c5)cc(O)c(O)c4O)c(O)c(O)c3-c3c(cc(O)c(O)c3O)C(=O)O[C@H]2[C@@H]2OC(=O)c3cc(O)c(O)c(O)c3-c3c(cc(O)c(O)c3O)C(=O)O[C@@H]12)c1cc(O)c(O)c(O)c1. The lowest BCUT2D eigenvalue weighted by Gasteiger charge is -2.44. The minimum atomic E-state index is -3.01. The summed E-state index contributed by atoms with van der Waals surface area (Å²) in [6.07, 6.45) is -27.9. The van der Waals surface area contributed by atoms with Crippen LogP contribution in [-0.4, -0.2) is 288 Å². The molecule has 53 heteroatoms. The number of carbonyl (C=O) groups is 10. The van der Waals surface area contributed by atoms with E-state index in [2.05, 4.69) is 0 Å². The van der Waals surface area contributed by atoms with Crippen LogP contribution in [0.15, 0.2) is 72.8 Å². The van der Waals surface area contributed by atoms with Gasteiger partial charge in [-0.25, -0.2) is 47.9 Å². The molecule has 10 aromatic carbocycles. The molecule has 53 nitrogen and oxygen atoms in total. The van der Waals surface area contributed by atoms with Crippen molar-refractivity contribution in [2.75, 3.05) is 13.2 Å². The molecular weight excluding hydrogens is 1830 g/mol. The zero-order chi connectivity index (χ0) is 98.4. The first-order valence-corrected chi connectivity index (χ1v) is 37.3. The van der Waals surface area contributed by atoms with Crippen molar-refractivity contribution < 1.29 is 263 Å². The van der Waals surface area contributed by atoms with Gasteiger partial charge in [0.15, 0.2) is 151 Å². The number of benzene rings is 10. The van der Waals surface area contributed by atoms with Crippen LogP contribution in [-0.2, 0) is 52.1 Å². The van der Waals surface area contributed by atoms with Gasteiger partial charge in [-0.15, -0.1) is 0 Å². The summed E-state index contributed by atoms with van der Waals surface area (Å²) in [4.78, 5) is 146. The van der Waals surface area contributed by atoms with Crippen LogP contribution >= 0.6 is 0 Å². The van der Waals surface area contributed by atoms with Gasteiger partial charge in [-0.1, -0.05) is 0 Å². The Bertz CT molecular complexity index is 6880. The molecule has 0 spiro atoms. The molecule has 2 saturated heterocycles. The summed E-state index contributed by atoms with van der Waals surface area (Å²) < 4.78 is 73.4. The van der Waals surface area contributed by atoms with E-state index in [9.17, 15) is 187 Å². The summed E-state index contributed by atoms with van der Waals surface area (Å²) >= 11 is 0. The molecule has 0 aromatic heterocycles. The molecule has 0 saturated carbocycles. The second kappa shape index (κ2) is 33.1. The topological polar surface area (TPSA) is 898 Å². The number of aliphatic hydroxyl groups excluding tert-OH is 1. The largest absolute Gasteiger partial charge is 0.504 e. The number of phenolic OH excluding ortho intramolecular Hbond substituents is 28. The predicted octanol–water partition coefficient (Wildman–Crippen LogP) is 3.63. The van der Waals surface area contributed by atoms with Gasteiger partial charge in [-0.05, 0) is 54.6 Å². The van der Waals surface area contributed by atoms with Gasteiger partial charge in [0.25, 0.3) is 0 Å². The number of aliphatic hydroxyl groups is 1. The van der Waals surface area contributed by atoms with Crippen LogP contribution in [0.1, 0.15) is 104 Å². The molecule has 2 fully saturated rings. The van der Waals surface area contributed by atoms with Crippen LogP contribution in [0.25, 0.3) is 33.4 Å². The summed E-state index contributed by atoms with van der Waals surface area (Å²) in [5, 5.41) is 331. The standard InChI is InChI=1S/C82H56O53/c83-25-1-15(2-26(84)45(25)94)72(114)131-68-62(111)66-37(13-123-74(116)17-5-29(87)47(96)54(103)39(17)44-21(76(118)129-66)9-35(93)65(59(44)108)128-63-23(71(112)113)10-33(91)51(100)60(63)109)126-81(68)135-80(122)24-11-34(92)52(101)61(110)64(24)125-36-12-22-43(58(107)53(36)102)42-18(6-30(88)50(99)57(42)106)77(119)130-67-38(14-124-75(22)117)127-82(134-73(115)16-3-27(85)46(95)28(86)4-16)70-69(67)132-78(120)19-7-31(89)48(97)55(104)40(19)41-20(79(121)133-70)8-32(90)49(98)56(41)105/h1-12,37-38,62,66-70,81-111H,13-14H2,(H,112,113)/t37-,38-,62+,66-,67-,68-,69+,70-,81+,82+/m1/s1. The van der Waals surface area contributed by atoms with Crippen LogP contribution < -0.4 is 9.47 Å². The Hall–Kier alpha value is -19.2. The molecule has 15 rings (SSSR count). The van der Waals surface area contributed by atoms with Gasteiger partial charge in [-0.3, -0.25) is 0 Å². The molecule has 0 radical (unpaired) electrons. The average Bonchev–Trinajstić information content (AvgIpc) is 1.34. The number of hydrogen-bond donors (Lipinski definition) is 30. The third-order valence-corrected chi connectivity index (χ3v) is 21.1. The van der Waals surface area contributed by atoms with E-state index in [0.717, 1.165) is 0 Å². The van der Waals surface area contributed by atoms with Crippen molar-refractivity contribution in [3.05, 3.63) is 128 Å². The number of aromatic carboxylic acids is 1. The van der Waals surface area contributed by atoms with Crippen LogP contribution in [0.5, 0.6) is 184 Å². The van der Waals surface area contributed by atoms with Gasteiger partial charge < -0.3 is 215 Å². The highest BCUT2D eigenvalue weighted by atomic mass is 16.8. The molecule has 10 atom stereocenters. The van der Waals surface area contributed by atoms with Crippen LogP contribution in [0.3, 0.4) is 0 Å². The van der Waals surface area contributed by atoms with E-state index in [1.54, 1.807) is 0 Å². The minimum absolute atomic E-state index is 0.101. The maximum Gasteiger partial charge on any atom is 0.344 e. The molecule has 5 heterocycles. The van der Waals surface area contributed by atoms with Crippen molar-refractivity contribution in [1.29, 1.82) is 0 Å². The number of carboxylic acid groups (broad SMARTS) is 1. The third-order valence-electron chi connectivity index (χ3n) is 21.1. The number of phenols is 28. The number of carboxylic acids is 1. The maximum atomic E-state index is 15.3. The first-order valence-electron chi connectivity index (χ1n) is 37.3. The summed E-state index contributed by atoms with van der Waals surface area (Å²) in [6.45, 7) is -3.20. The van der Waals surface area contributed by atoms with Gasteiger partial charge in [0.2, 0.25) is 76.2 Å². The van der Waals surface area contributed by atoms with Crippen molar-refractivity contribution >= 4 is 59.7 Å². The molecule has 0 amide bonds. The molecular formula is C82H56O53. The Kier molecular flexibility index (Phi) is 22.2. The van der Waals surface area contributed by atoms with Crippen molar-refractivity contribution in [2.45, 2.75) is 61.4 Å². The Labute approximate surface area is 740 Å². The van der Waals surface area contributed by atoms with Crippen LogP contribution in [0.2, 0.25) is 0 Å². The van der Waals surface area contributed by atoms with E-state index in [-0.39, 0.29) is 42.5 Å². The Morgan fingerprint density at radius 2 is 0.585 bits per heavy atom. The van der Waals surface area contributed by atoms with Gasteiger partial charge in [0, 0.05) is 51.6 Å². The first-order chi connectivity index (χ1) is 63.5. The van der Waals surface area contributed by atoms with Crippen molar-refractivity contribution in [2.24, 2.45) is 0 Å². The highest BCUT2D eigenvalue weighted by Gasteiger charge is 2.58. The number of carbonyl (C=O) groups excluding carboxylic acids is 9. The molecule has 0 bridgehead atoms. The quantitative estimate of drug-likeness (QED) is 0.0499. The normalized spacial score (nSPS) is 19.6. The fraction of sp³-hybridized carbons (Fsp3) is 0.146. The molecule has 5 aliphatic rings. The number of esters is 9. The molecule has 5 aliphatic heterocycles. The zero-order valence-corrected chi connectivity index (χ0v) is 65.9. The smallest absolute Gasteiger partial charge is 0.344 e. The average molecular weight is 1890 g/mol. The second-order valence-corrected chi connectivity index (χ2v) is 29.2. The van der Waals surface area contributed by atoms with Gasteiger partial charge >= 0.3 is 59.7 Å². The number of ether oxygens (including phenoxy) is 13. The van der Waals surface area contributed by atoms with E-state index in [1.165, 1.54) is 0 Å². The fourth-order valence-electron chi connectivity index (χ4n) is 14.6. The number of fused-ring (bicyclic) bond motifs is 13. The highest BCUT2D eigenvalue weighted by molar-refractivity contribution is 6.12. The highest BCUT2D eigenvalue weighted by Crippen LogP contribution is 2.61. The Morgan fingerprint density at radius 1 is 0.274 bits per heavy atom. The summed E-state index contributed by atoms with van der Waals surface area (Å²) in [6, 6.07) is 3.44. The lowest BCUT2D eigenvalue weighted by Crippen LogP contribution is -2.63. The Morgan fingerprint density at radius 3 is 1.01 bits per heavy atom. The van der Waals surface area contributed by atoms with Crippen molar-refractivity contribution in [3.8, 4) is 217 Å². The maximum absolute atomic E-state index is 15.3. The van der Waals surface area contributed by atoms with Gasteiger partial charge in [0.1, 0.15) is 42.7 Å². The van der Waals surface area contributed by atoms with Gasteiger partial charge in [0.05, 0.1) is 44.5 Å². The van der Waals surface area contributed by atoms with Crippen molar-refractivity contribution in [3.63, 3.8) is 0 Å². The fourth-order valence-corrected chi connectivity index (χ4v) is 14.6. The van der Waals surface area contributed by atoms with Crippen LogP contribution in [0.4, 0.5) is 0 Å². The van der Waals surface area contributed by atoms with E-state index < -0.39 is 407 Å². The first kappa shape index (κ1) is 90.6. The van der Waals surface area contributed by atoms with E-state index in [0.29, 0.717) is 30.3 Å². The number of cyclic esters (lactones) is 2. The van der Waals surface area contributed by atoms with E-state index >= 15 is 14.4 Å². The minimum Gasteiger partial charge on any atom is -0.504 e. The predicted molar refractivity (Wildman–Crippen MR) is 416 cm³/mol. The monoisotopic (exact) mass is 1890 g/mol. The van der Waals surface area contributed by atoms with Gasteiger partial charge in [-0.2, -0.15) is 0 Å². The molecule has 0 aliphatic carbocycles. The summed E-state index contributed by atoms with van der Waals surface area (Å²) in [5.41, 5.74) is -21.1. The summed E-state index contributed by atoms with van der Waals surface area (Å²) in [7, 11) is 0. The number of aromatic hydroxyl groups is 28. The van der Waals surface area contributed by atoms with E-state index in [4.69, 9.17) is 61.6 Å². The van der Waals surface area contributed by atoms with E-state index in [1.807, 2.05) is 0 Å². The third kappa shape index (κ3) is 15.1. The Balaban J connectivity index is 0.824. The zero-order valence-electron chi connectivity index (χ0n) is 65.9. The number of rotatable bonds is 11. The molecule has 135 heavy (non-hydrogen) atoms.